The summed E-state index contributed by atoms with van der Waals surface area (Å²) >= 11 is 0. The first-order valence-electron chi connectivity index (χ1n) is 9.63. The van der Waals surface area contributed by atoms with Crippen LogP contribution in [0.25, 0.3) is 0 Å². The fourth-order valence-corrected chi connectivity index (χ4v) is 4.05. The van der Waals surface area contributed by atoms with Crippen molar-refractivity contribution in [3.05, 3.63) is 60.2 Å². The molecule has 5 nitrogen and oxygen atoms in total. The minimum Gasteiger partial charge on any atom is -0.273 e. The van der Waals surface area contributed by atoms with Crippen LogP contribution in [-0.2, 0) is 20.8 Å². The maximum absolute atomic E-state index is 13.2. The van der Waals surface area contributed by atoms with Crippen molar-refractivity contribution in [1.82, 2.24) is 0 Å². The lowest BCUT2D eigenvalue weighted by molar-refractivity contribution is -0.126. The number of carbonyl (C=O) groups excluding carboxylic acids is 2. The van der Waals surface area contributed by atoms with E-state index in [1.165, 1.54) is 10.5 Å². The van der Waals surface area contributed by atoms with Gasteiger partial charge in [-0.1, -0.05) is 50.6 Å². The molecule has 2 aliphatic rings. The molecule has 0 spiro atoms. The van der Waals surface area contributed by atoms with Gasteiger partial charge in [-0.15, -0.1) is 0 Å². The van der Waals surface area contributed by atoms with Crippen molar-refractivity contribution in [1.29, 1.82) is 0 Å². The van der Waals surface area contributed by atoms with E-state index in [-0.39, 0.29) is 17.9 Å². The Kier molecular flexibility index (Phi) is 4.70. The number of para-hydroxylation sites is 1. The van der Waals surface area contributed by atoms with Gasteiger partial charge in [0.15, 0.2) is 6.10 Å². The van der Waals surface area contributed by atoms with Gasteiger partial charge in [0, 0.05) is 0 Å². The van der Waals surface area contributed by atoms with Gasteiger partial charge in [0.1, 0.15) is 0 Å². The van der Waals surface area contributed by atoms with Gasteiger partial charge in [-0.2, -0.15) is 0 Å². The van der Waals surface area contributed by atoms with Crippen molar-refractivity contribution in [3.63, 3.8) is 0 Å². The molecule has 0 aliphatic carbocycles. The monoisotopic (exact) mass is 364 g/mol. The molecular formula is C22H24N2O3. The zero-order valence-electron chi connectivity index (χ0n) is 15.7. The van der Waals surface area contributed by atoms with Crippen LogP contribution in [0, 0.1) is 5.92 Å². The standard InChI is InChI=1S/C22H24N2O3/c1-3-8-18-19-20(27-24(18)17-9-6-5-7-10-17)22(26)23(21(19)25)16-13-11-15(4-2)12-14-16/h5-7,9-14,18-20H,3-4,8H2,1-2H3/t18-,19-,20+/m0/s1. The Morgan fingerprint density at radius 2 is 1.59 bits per heavy atom. The predicted octanol–water partition coefficient (Wildman–Crippen LogP) is 3.73. The van der Waals surface area contributed by atoms with Crippen molar-refractivity contribution in [2.24, 2.45) is 5.92 Å². The van der Waals surface area contributed by atoms with Gasteiger partial charge in [-0.05, 0) is 42.7 Å². The third-order valence-corrected chi connectivity index (χ3v) is 5.44. The Labute approximate surface area is 159 Å². The number of rotatable bonds is 5. The number of benzene rings is 2. The van der Waals surface area contributed by atoms with Gasteiger partial charge in [-0.25, -0.2) is 9.96 Å². The zero-order chi connectivity index (χ0) is 19.0. The molecule has 2 aliphatic heterocycles. The summed E-state index contributed by atoms with van der Waals surface area (Å²) in [4.78, 5) is 33.6. The van der Waals surface area contributed by atoms with Crippen molar-refractivity contribution >= 4 is 23.2 Å². The lowest BCUT2D eigenvalue weighted by Gasteiger charge is -2.28. The fraction of sp³-hybridized carbons (Fsp3) is 0.364. The van der Waals surface area contributed by atoms with E-state index < -0.39 is 12.0 Å². The van der Waals surface area contributed by atoms with E-state index >= 15 is 0 Å². The Morgan fingerprint density at radius 3 is 2.22 bits per heavy atom. The third kappa shape index (κ3) is 2.92. The molecule has 3 atom stereocenters. The summed E-state index contributed by atoms with van der Waals surface area (Å²) in [6.45, 7) is 4.16. The van der Waals surface area contributed by atoms with E-state index in [1.54, 1.807) is 5.06 Å². The number of imide groups is 1. The molecule has 0 bridgehead atoms. The van der Waals surface area contributed by atoms with Crippen molar-refractivity contribution in [3.8, 4) is 0 Å². The lowest BCUT2D eigenvalue weighted by Crippen LogP contribution is -2.40. The first-order valence-corrected chi connectivity index (χ1v) is 9.63. The van der Waals surface area contributed by atoms with Crippen LogP contribution in [0.5, 0.6) is 0 Å². The van der Waals surface area contributed by atoms with E-state index in [9.17, 15) is 9.59 Å². The van der Waals surface area contributed by atoms with Crippen LogP contribution in [0.3, 0.4) is 0 Å². The second kappa shape index (κ2) is 7.16. The summed E-state index contributed by atoms with van der Waals surface area (Å²) in [5.41, 5.74) is 2.68. The number of hydrogen-bond acceptors (Lipinski definition) is 4. The SMILES string of the molecule is CCC[C@H]1[C@@H]2C(=O)N(c3ccc(CC)cc3)C(=O)[C@@H]2ON1c1ccccc1. The first-order chi connectivity index (χ1) is 13.2. The maximum atomic E-state index is 13.2. The van der Waals surface area contributed by atoms with Gasteiger partial charge in [0.05, 0.1) is 23.3 Å². The molecule has 2 aromatic carbocycles. The second-order valence-electron chi connectivity index (χ2n) is 7.10. The van der Waals surface area contributed by atoms with Gasteiger partial charge < -0.3 is 0 Å². The quantitative estimate of drug-likeness (QED) is 0.759. The molecule has 140 valence electrons. The number of fused-ring (bicyclic) bond motifs is 1. The summed E-state index contributed by atoms with van der Waals surface area (Å²) in [5.74, 6) is -0.900. The second-order valence-corrected chi connectivity index (χ2v) is 7.10. The van der Waals surface area contributed by atoms with Gasteiger partial charge in [0.25, 0.3) is 5.91 Å². The minimum absolute atomic E-state index is 0.140. The van der Waals surface area contributed by atoms with Crippen LogP contribution in [0.2, 0.25) is 0 Å². The highest BCUT2D eigenvalue weighted by atomic mass is 16.7. The Morgan fingerprint density at radius 1 is 0.889 bits per heavy atom. The molecule has 2 saturated heterocycles. The van der Waals surface area contributed by atoms with Crippen LogP contribution in [-0.4, -0.2) is 24.0 Å². The lowest BCUT2D eigenvalue weighted by atomic mass is 9.93. The summed E-state index contributed by atoms with van der Waals surface area (Å²) < 4.78 is 0. The molecule has 0 saturated carbocycles. The number of aryl methyl sites for hydroxylation is 1. The highest BCUT2D eigenvalue weighted by Gasteiger charge is 2.59. The van der Waals surface area contributed by atoms with Crippen LogP contribution < -0.4 is 9.96 Å². The molecule has 0 unspecified atom stereocenters. The molecule has 2 aromatic rings. The molecule has 0 N–H and O–H groups in total. The molecule has 2 fully saturated rings. The van der Waals surface area contributed by atoms with E-state index in [0.717, 1.165) is 24.9 Å². The third-order valence-electron chi connectivity index (χ3n) is 5.44. The van der Waals surface area contributed by atoms with Crippen LogP contribution in [0.4, 0.5) is 11.4 Å². The average Bonchev–Trinajstić information content (AvgIpc) is 3.19. The smallest absolute Gasteiger partial charge is 0.266 e. The molecule has 2 heterocycles. The van der Waals surface area contributed by atoms with Crippen LogP contribution in [0.15, 0.2) is 54.6 Å². The Balaban J connectivity index is 1.65. The Hall–Kier alpha value is -2.66. The Bertz CT molecular complexity index is 834. The number of nitrogens with zero attached hydrogens (tertiary/aromatic N) is 2. The van der Waals surface area contributed by atoms with E-state index in [1.807, 2.05) is 54.6 Å². The normalized spacial score (nSPS) is 24.6. The predicted molar refractivity (Wildman–Crippen MR) is 104 cm³/mol. The first kappa shape index (κ1) is 17.7. The van der Waals surface area contributed by atoms with E-state index in [4.69, 9.17) is 4.84 Å². The van der Waals surface area contributed by atoms with E-state index in [0.29, 0.717) is 5.69 Å². The highest BCUT2D eigenvalue weighted by Crippen LogP contribution is 2.41. The molecular weight excluding hydrogens is 340 g/mol. The van der Waals surface area contributed by atoms with Crippen molar-refractivity contribution < 1.29 is 14.4 Å². The molecule has 2 amide bonds. The summed E-state index contributed by atoms with van der Waals surface area (Å²) in [7, 11) is 0. The molecule has 5 heteroatoms. The number of hydrogen-bond donors (Lipinski definition) is 0. The van der Waals surface area contributed by atoms with Gasteiger partial charge in [0.2, 0.25) is 5.91 Å². The minimum atomic E-state index is -0.750. The van der Waals surface area contributed by atoms with Gasteiger partial charge >= 0.3 is 0 Å². The average molecular weight is 364 g/mol. The van der Waals surface area contributed by atoms with Gasteiger partial charge in [-0.3, -0.25) is 14.4 Å². The fourth-order valence-electron chi connectivity index (χ4n) is 4.05. The molecule has 0 aromatic heterocycles. The summed E-state index contributed by atoms with van der Waals surface area (Å²) in [6.07, 6.45) is 1.87. The molecule has 4 rings (SSSR count). The molecule has 0 radical (unpaired) electrons. The van der Waals surface area contributed by atoms with Crippen molar-refractivity contribution in [2.75, 3.05) is 9.96 Å². The van der Waals surface area contributed by atoms with Crippen molar-refractivity contribution in [2.45, 2.75) is 45.3 Å². The van der Waals surface area contributed by atoms with E-state index in [2.05, 4.69) is 13.8 Å². The summed E-state index contributed by atoms with van der Waals surface area (Å²) in [6, 6.07) is 17.2. The highest BCUT2D eigenvalue weighted by molar-refractivity contribution is 6.23. The summed E-state index contributed by atoms with van der Waals surface area (Å²) in [5, 5.41) is 1.77. The van der Waals surface area contributed by atoms with Crippen LogP contribution in [0.1, 0.15) is 32.3 Å². The zero-order valence-corrected chi connectivity index (χ0v) is 15.7. The molecule has 27 heavy (non-hydrogen) atoms. The van der Waals surface area contributed by atoms with Crippen LogP contribution >= 0.6 is 0 Å². The number of carbonyl (C=O) groups is 2. The number of amides is 2. The number of anilines is 2. The number of hydroxylamine groups is 1. The topological polar surface area (TPSA) is 49.9 Å². The largest absolute Gasteiger partial charge is 0.273 e. The maximum Gasteiger partial charge on any atom is 0.266 e.